The standard InChI is InChI=1S/C22H46N2.C18H38N2.C14H30N2.C10H22N2.C6H14N2/c1-6-10-14-18-23(19-15-11-7-2)22(5)24(20-16-12-8-3)21-17-13-9-4;1-6-10-14-19(15-11-7-2)18(5)20(16-12-8-3)17-13-9-4;1-6-10-15(11-7-2)14(5)16(12-8-3)13-9-4;1-6-11(7-2)10(5)12(8-3)9-4;1-6(7(2)3)8(4)5/h5-21H2,1-4H3;5-17H2,1-4H3;5-13H2,1-4H3;5-9H2,1-4H3;1H2,2-5H3. The minimum atomic E-state index is 1.02. The topological polar surface area (TPSA) is 32.4 Å². The SMILES string of the molecule is C=C(N(C)C)N(C)C.C=C(N(CC)CC)N(CC)CC.C=C(N(CCC)CCC)N(CCC)CCC.C=C(N(CCCC)CCCC)N(CCCC)CCCC.C=C(N(CCCCC)CCCCC)N(CCCCC)CCCCC. The monoisotopic (exact) mass is 1130 g/mol. The van der Waals surface area contributed by atoms with Crippen LogP contribution in [-0.2, 0) is 0 Å². The second-order valence-corrected chi connectivity index (χ2v) is 22.4. The Morgan fingerprint density at radius 2 is 0.350 bits per heavy atom. The minimum Gasteiger partial charge on any atom is -0.365 e. The van der Waals surface area contributed by atoms with E-state index in [0.29, 0.717) is 0 Å². The third kappa shape index (κ3) is 47.2. The molecular weight excluding hydrogens is 981 g/mol. The molecule has 0 aromatic rings. The van der Waals surface area contributed by atoms with Crippen LogP contribution in [0.25, 0.3) is 0 Å². The van der Waals surface area contributed by atoms with Gasteiger partial charge in [0.1, 0.15) is 0 Å². The van der Waals surface area contributed by atoms with Gasteiger partial charge >= 0.3 is 0 Å². The Bertz CT molecular complexity index is 1200. The summed E-state index contributed by atoms with van der Waals surface area (Å²) in [5.41, 5.74) is 0. The lowest BCUT2D eigenvalue weighted by Crippen LogP contribution is -2.37. The molecule has 0 heterocycles. The normalized spacial score (nSPS) is 10.2. The van der Waals surface area contributed by atoms with Gasteiger partial charge in [-0.25, -0.2) is 0 Å². The van der Waals surface area contributed by atoms with Crippen LogP contribution < -0.4 is 0 Å². The van der Waals surface area contributed by atoms with Crippen LogP contribution in [0.15, 0.2) is 62.0 Å². The van der Waals surface area contributed by atoms with Gasteiger partial charge in [0.25, 0.3) is 0 Å². The Morgan fingerprint density at radius 3 is 0.487 bits per heavy atom. The van der Waals surface area contributed by atoms with Crippen LogP contribution in [0.3, 0.4) is 0 Å². The summed E-state index contributed by atoms with van der Waals surface area (Å²) in [4.78, 5) is 23.6. The van der Waals surface area contributed by atoms with Crippen molar-refractivity contribution in [2.24, 2.45) is 0 Å². The zero-order valence-electron chi connectivity index (χ0n) is 58.8. The van der Waals surface area contributed by atoms with Crippen LogP contribution in [0.2, 0.25) is 0 Å². The number of hydrogen-bond acceptors (Lipinski definition) is 10. The Labute approximate surface area is 506 Å². The van der Waals surface area contributed by atoms with Gasteiger partial charge in [-0.1, -0.05) is 193 Å². The Hall–Kier alpha value is -3.30. The average molecular weight is 1130 g/mol. The molecule has 0 atom stereocenters. The van der Waals surface area contributed by atoms with E-state index in [9.17, 15) is 0 Å². The molecular formula is C70H150N10. The lowest BCUT2D eigenvalue weighted by atomic mass is 10.2. The lowest BCUT2D eigenvalue weighted by Gasteiger charge is -2.36. The van der Waals surface area contributed by atoms with Crippen LogP contribution in [0.4, 0.5) is 0 Å². The highest BCUT2D eigenvalue weighted by atomic mass is 15.3. The van der Waals surface area contributed by atoms with Gasteiger partial charge in [-0.05, 0) is 105 Å². The van der Waals surface area contributed by atoms with Crippen molar-refractivity contribution in [3.8, 4) is 0 Å². The second-order valence-electron chi connectivity index (χ2n) is 22.4. The third-order valence-corrected chi connectivity index (χ3v) is 14.7. The molecule has 10 heteroatoms. The van der Waals surface area contributed by atoms with E-state index in [2.05, 4.69) is 183 Å². The first-order valence-corrected chi connectivity index (χ1v) is 34.2. The zero-order valence-corrected chi connectivity index (χ0v) is 58.8. The quantitative estimate of drug-likeness (QED) is 0.0549. The van der Waals surface area contributed by atoms with E-state index in [1.807, 2.05) is 38.0 Å². The van der Waals surface area contributed by atoms with Crippen molar-refractivity contribution in [2.75, 3.05) is 133 Å². The highest BCUT2D eigenvalue weighted by molar-refractivity contribution is 4.96. The van der Waals surface area contributed by atoms with Crippen LogP contribution >= 0.6 is 0 Å². The summed E-state index contributed by atoms with van der Waals surface area (Å²) in [5, 5.41) is 0. The first-order chi connectivity index (χ1) is 38.4. The largest absolute Gasteiger partial charge is 0.365 e. The molecule has 0 unspecified atom stereocenters. The molecule has 0 saturated heterocycles. The van der Waals surface area contributed by atoms with Gasteiger partial charge in [-0.3, -0.25) is 0 Å². The van der Waals surface area contributed by atoms with Crippen molar-refractivity contribution >= 4 is 0 Å². The van der Waals surface area contributed by atoms with Crippen LogP contribution in [-0.4, -0.2) is 182 Å². The summed E-state index contributed by atoms with van der Waals surface area (Å²) in [5.74, 6) is 5.98. The van der Waals surface area contributed by atoms with E-state index >= 15 is 0 Å². The first-order valence-electron chi connectivity index (χ1n) is 34.2. The molecule has 0 aliphatic rings. The van der Waals surface area contributed by atoms with Crippen molar-refractivity contribution in [1.82, 2.24) is 49.0 Å². The molecule has 0 spiro atoms. The Morgan fingerprint density at radius 1 is 0.188 bits per heavy atom. The molecule has 480 valence electrons. The van der Waals surface area contributed by atoms with Gasteiger partial charge in [-0.2, -0.15) is 0 Å². The van der Waals surface area contributed by atoms with Gasteiger partial charge in [0.2, 0.25) is 0 Å². The fourth-order valence-electron chi connectivity index (χ4n) is 9.28. The molecule has 0 aromatic carbocycles. The van der Waals surface area contributed by atoms with Crippen LogP contribution in [0, 0.1) is 0 Å². The molecule has 0 aliphatic heterocycles. The van der Waals surface area contributed by atoms with Gasteiger partial charge < -0.3 is 49.0 Å². The summed E-state index contributed by atoms with van der Waals surface area (Å²) in [7, 11) is 7.90. The van der Waals surface area contributed by atoms with E-state index in [0.717, 1.165) is 64.0 Å². The van der Waals surface area contributed by atoms with Gasteiger partial charge in [0.05, 0.1) is 29.1 Å². The zero-order chi connectivity index (χ0) is 61.9. The summed E-state index contributed by atoms with van der Waals surface area (Å²) >= 11 is 0. The summed E-state index contributed by atoms with van der Waals surface area (Å²) in [6, 6.07) is 0. The Kier molecular flexibility index (Phi) is 67.6. The number of nitrogens with zero attached hydrogens (tertiary/aromatic N) is 10. The van der Waals surface area contributed by atoms with Gasteiger partial charge in [0, 0.05) is 133 Å². The van der Waals surface area contributed by atoms with E-state index in [1.54, 1.807) is 0 Å². The van der Waals surface area contributed by atoms with E-state index in [1.165, 1.54) is 224 Å². The van der Waals surface area contributed by atoms with Crippen molar-refractivity contribution in [2.45, 2.75) is 265 Å². The average Bonchev–Trinajstić information content (AvgIpc) is 3.45. The predicted molar refractivity (Wildman–Crippen MR) is 367 cm³/mol. The molecule has 0 N–H and O–H groups in total. The van der Waals surface area contributed by atoms with E-state index in [4.69, 9.17) is 0 Å². The van der Waals surface area contributed by atoms with Gasteiger partial charge in [-0.15, -0.1) is 0 Å². The molecule has 0 rings (SSSR count). The fraction of sp³-hybridized carbons (Fsp3) is 0.857. The predicted octanol–water partition coefficient (Wildman–Crippen LogP) is 18.5. The Balaban J connectivity index is -0.000000305. The van der Waals surface area contributed by atoms with Crippen molar-refractivity contribution in [3.05, 3.63) is 62.0 Å². The fourth-order valence-corrected chi connectivity index (χ4v) is 9.28. The molecule has 0 amide bonds. The third-order valence-electron chi connectivity index (χ3n) is 14.7. The van der Waals surface area contributed by atoms with Crippen molar-refractivity contribution < 1.29 is 0 Å². The maximum Gasteiger partial charge on any atom is 0.0965 e. The highest BCUT2D eigenvalue weighted by Gasteiger charge is 2.17. The molecule has 80 heavy (non-hydrogen) atoms. The molecule has 0 aliphatic carbocycles. The number of hydrogen-bond donors (Lipinski definition) is 0. The smallest absolute Gasteiger partial charge is 0.0965 e. The molecule has 0 radical (unpaired) electrons. The minimum absolute atomic E-state index is 1.02. The molecule has 10 nitrogen and oxygen atoms in total. The number of unbranched alkanes of at least 4 members (excludes halogenated alkanes) is 12. The summed E-state index contributed by atoms with van der Waals surface area (Å²) < 4.78 is 0. The maximum atomic E-state index is 4.52. The number of rotatable bonds is 50. The lowest BCUT2D eigenvalue weighted by molar-refractivity contribution is 0.199. The molecule has 0 fully saturated rings. The second kappa shape index (κ2) is 63.3. The molecule has 0 saturated carbocycles. The van der Waals surface area contributed by atoms with Crippen molar-refractivity contribution in [3.63, 3.8) is 0 Å². The van der Waals surface area contributed by atoms with Crippen LogP contribution in [0.1, 0.15) is 265 Å². The van der Waals surface area contributed by atoms with Crippen LogP contribution in [0.5, 0.6) is 0 Å². The van der Waals surface area contributed by atoms with E-state index < -0.39 is 0 Å². The summed E-state index contributed by atoms with van der Waals surface area (Å²) in [6.07, 6.45) is 30.7. The maximum absolute atomic E-state index is 4.52. The highest BCUT2D eigenvalue weighted by Crippen LogP contribution is 2.18. The molecule has 0 bridgehead atoms. The van der Waals surface area contributed by atoms with E-state index in [-0.39, 0.29) is 0 Å². The van der Waals surface area contributed by atoms with Gasteiger partial charge in [0.15, 0.2) is 0 Å². The van der Waals surface area contributed by atoms with Crippen molar-refractivity contribution in [1.29, 1.82) is 0 Å². The summed E-state index contributed by atoms with van der Waals surface area (Å²) in [6.45, 7) is 75.1. The first kappa shape index (κ1) is 85.5. The molecule has 0 aromatic heterocycles.